The summed E-state index contributed by atoms with van der Waals surface area (Å²) in [6.07, 6.45) is 4.34. The van der Waals surface area contributed by atoms with Crippen LogP contribution in [0.2, 0.25) is 5.02 Å². The molecule has 1 atom stereocenters. The molecule has 1 aliphatic rings. The van der Waals surface area contributed by atoms with E-state index in [4.69, 9.17) is 16.7 Å². The molecule has 2 aromatic rings. The maximum atomic E-state index is 11.8. The van der Waals surface area contributed by atoms with Crippen molar-refractivity contribution in [2.45, 2.75) is 25.8 Å². The molecule has 4 N–H and O–H groups in total. The molecule has 1 aliphatic heterocycles. The molecule has 1 aromatic carbocycles. The summed E-state index contributed by atoms with van der Waals surface area (Å²) in [5.74, 6) is 0.110. The third-order valence-corrected chi connectivity index (χ3v) is 5.13. The number of carbonyl (C=O) groups excluding carboxylic acids is 2. The predicted octanol–water partition coefficient (Wildman–Crippen LogP) is 2.70. The average molecular weight is 445 g/mol. The molecule has 0 saturated carbocycles. The Kier molecular flexibility index (Phi) is 7.43. The number of aryl methyl sites for hydroxylation is 1. The van der Waals surface area contributed by atoms with E-state index in [1.165, 1.54) is 12.3 Å². The summed E-state index contributed by atoms with van der Waals surface area (Å²) in [5, 5.41) is 18.5. The molecule has 1 saturated heterocycles. The molecular formula is C21H25ClN6O3. The van der Waals surface area contributed by atoms with E-state index in [1.54, 1.807) is 4.90 Å². The Bertz CT molecular complexity index is 984. The summed E-state index contributed by atoms with van der Waals surface area (Å²) >= 11 is 6.29. The summed E-state index contributed by atoms with van der Waals surface area (Å²) in [6, 6.07) is 5.50. The highest BCUT2D eigenvalue weighted by atomic mass is 35.5. The highest BCUT2D eigenvalue weighted by Crippen LogP contribution is 2.30. The summed E-state index contributed by atoms with van der Waals surface area (Å²) in [4.78, 5) is 33.9. The quantitative estimate of drug-likeness (QED) is 0.484. The lowest BCUT2D eigenvalue weighted by Gasteiger charge is -2.32. The third kappa shape index (κ3) is 5.93. The number of hydrogen-bond acceptors (Lipinski definition) is 7. The van der Waals surface area contributed by atoms with Crippen LogP contribution in [-0.4, -0.2) is 57.5 Å². The number of likely N-dealkylation sites (tertiary alicyclic amines) is 1. The lowest BCUT2D eigenvalue weighted by molar-refractivity contribution is -0.135. The number of aliphatic hydroxyl groups is 1. The van der Waals surface area contributed by atoms with Gasteiger partial charge in [0.05, 0.1) is 17.6 Å². The SMILES string of the molecule is C=CC(=O)Nc1cc(C)ccc1Nc1nc(N[C@H]2CCCN(C(=O)CO)C2)ncc1Cl. The van der Waals surface area contributed by atoms with Gasteiger partial charge in [-0.15, -0.1) is 0 Å². The number of halogens is 1. The minimum absolute atomic E-state index is 0.0416. The first kappa shape index (κ1) is 22.5. The van der Waals surface area contributed by atoms with Crippen molar-refractivity contribution in [3.8, 4) is 0 Å². The summed E-state index contributed by atoms with van der Waals surface area (Å²) in [7, 11) is 0. The molecule has 10 heteroatoms. The van der Waals surface area contributed by atoms with Crippen molar-refractivity contribution in [2.75, 3.05) is 35.6 Å². The smallest absolute Gasteiger partial charge is 0.248 e. The molecule has 9 nitrogen and oxygen atoms in total. The number of hydrogen-bond donors (Lipinski definition) is 4. The van der Waals surface area contributed by atoms with Gasteiger partial charge in [0.1, 0.15) is 11.6 Å². The van der Waals surface area contributed by atoms with Crippen molar-refractivity contribution >= 4 is 46.6 Å². The molecule has 0 aliphatic carbocycles. The summed E-state index contributed by atoms with van der Waals surface area (Å²) in [5.41, 5.74) is 2.16. The lowest BCUT2D eigenvalue weighted by Crippen LogP contribution is -2.46. The normalized spacial score (nSPS) is 15.8. The first-order chi connectivity index (χ1) is 14.9. The average Bonchev–Trinajstić information content (AvgIpc) is 2.77. The van der Waals surface area contributed by atoms with Gasteiger partial charge >= 0.3 is 0 Å². The molecule has 3 rings (SSSR count). The van der Waals surface area contributed by atoms with Crippen molar-refractivity contribution in [1.82, 2.24) is 14.9 Å². The molecule has 31 heavy (non-hydrogen) atoms. The van der Waals surface area contributed by atoms with Crippen molar-refractivity contribution in [2.24, 2.45) is 0 Å². The number of aromatic nitrogens is 2. The number of nitrogens with one attached hydrogen (secondary N) is 3. The van der Waals surface area contributed by atoms with Crippen LogP contribution in [0.15, 0.2) is 37.1 Å². The number of aliphatic hydroxyl groups excluding tert-OH is 1. The van der Waals surface area contributed by atoms with Crippen LogP contribution >= 0.6 is 11.6 Å². The maximum absolute atomic E-state index is 11.8. The molecule has 0 radical (unpaired) electrons. The fraction of sp³-hybridized carbons (Fsp3) is 0.333. The van der Waals surface area contributed by atoms with Crippen molar-refractivity contribution in [3.05, 3.63) is 47.6 Å². The number of benzene rings is 1. The molecule has 0 spiro atoms. The second kappa shape index (κ2) is 10.2. The van der Waals surface area contributed by atoms with Crippen LogP contribution in [0.1, 0.15) is 18.4 Å². The molecule has 0 unspecified atom stereocenters. The fourth-order valence-corrected chi connectivity index (χ4v) is 3.45. The van der Waals surface area contributed by atoms with E-state index in [-0.39, 0.29) is 17.9 Å². The van der Waals surface area contributed by atoms with Crippen LogP contribution in [0, 0.1) is 6.92 Å². The van der Waals surface area contributed by atoms with Crippen LogP contribution in [0.4, 0.5) is 23.1 Å². The minimum Gasteiger partial charge on any atom is -0.387 e. The van der Waals surface area contributed by atoms with Crippen LogP contribution in [0.25, 0.3) is 0 Å². The molecule has 1 fully saturated rings. The molecule has 1 aromatic heterocycles. The highest BCUT2D eigenvalue weighted by Gasteiger charge is 2.23. The Morgan fingerprint density at radius 1 is 1.39 bits per heavy atom. The summed E-state index contributed by atoms with van der Waals surface area (Å²) in [6.45, 7) is 5.98. The van der Waals surface area contributed by atoms with E-state index in [0.717, 1.165) is 18.4 Å². The number of anilines is 4. The molecule has 2 amide bonds. The second-order valence-corrected chi connectivity index (χ2v) is 7.65. The van der Waals surface area contributed by atoms with Gasteiger partial charge in [0, 0.05) is 19.1 Å². The van der Waals surface area contributed by atoms with Crippen LogP contribution < -0.4 is 16.0 Å². The number of nitrogens with zero attached hydrogens (tertiary/aromatic N) is 3. The summed E-state index contributed by atoms with van der Waals surface area (Å²) < 4.78 is 0. The Balaban J connectivity index is 1.77. The fourth-order valence-electron chi connectivity index (χ4n) is 3.31. The van der Waals surface area contributed by atoms with Gasteiger partial charge in [0.15, 0.2) is 5.82 Å². The zero-order chi connectivity index (χ0) is 22.4. The maximum Gasteiger partial charge on any atom is 0.248 e. The predicted molar refractivity (Wildman–Crippen MR) is 121 cm³/mol. The van der Waals surface area contributed by atoms with Gasteiger partial charge in [-0.1, -0.05) is 24.2 Å². The third-order valence-electron chi connectivity index (χ3n) is 4.86. The second-order valence-electron chi connectivity index (χ2n) is 7.24. The minimum atomic E-state index is -0.500. The highest BCUT2D eigenvalue weighted by molar-refractivity contribution is 6.33. The van der Waals surface area contributed by atoms with Gasteiger partial charge in [-0.2, -0.15) is 4.98 Å². The topological polar surface area (TPSA) is 119 Å². The monoisotopic (exact) mass is 444 g/mol. The zero-order valence-corrected chi connectivity index (χ0v) is 17.9. The van der Waals surface area contributed by atoms with Crippen molar-refractivity contribution in [3.63, 3.8) is 0 Å². The van der Waals surface area contributed by atoms with Gasteiger partial charge in [-0.25, -0.2) is 4.98 Å². The number of rotatable bonds is 7. The lowest BCUT2D eigenvalue weighted by atomic mass is 10.1. The van der Waals surface area contributed by atoms with Crippen LogP contribution in [0.5, 0.6) is 0 Å². The van der Waals surface area contributed by atoms with Gasteiger partial charge in [0.25, 0.3) is 0 Å². The Hall–Kier alpha value is -3.17. The standard InChI is InChI=1S/C21H25ClN6O3/c1-3-18(30)25-17-9-13(2)6-7-16(17)26-20-15(22)10-23-21(27-20)24-14-5-4-8-28(11-14)19(31)12-29/h3,6-7,9-10,14,29H,1,4-5,8,11-12H2,2H3,(H,25,30)(H2,23,24,26,27)/t14-/m0/s1. The Morgan fingerprint density at radius 3 is 2.94 bits per heavy atom. The molecule has 2 heterocycles. The van der Waals surface area contributed by atoms with E-state index in [1.807, 2.05) is 25.1 Å². The molecule has 0 bridgehead atoms. The van der Waals surface area contributed by atoms with E-state index < -0.39 is 6.61 Å². The van der Waals surface area contributed by atoms with Crippen molar-refractivity contribution < 1.29 is 14.7 Å². The largest absolute Gasteiger partial charge is 0.387 e. The van der Waals surface area contributed by atoms with Crippen LogP contribution in [-0.2, 0) is 9.59 Å². The van der Waals surface area contributed by atoms with Gasteiger partial charge in [0.2, 0.25) is 17.8 Å². The van der Waals surface area contributed by atoms with Crippen molar-refractivity contribution in [1.29, 1.82) is 0 Å². The molecule has 164 valence electrons. The van der Waals surface area contributed by atoms with E-state index in [9.17, 15) is 9.59 Å². The van der Waals surface area contributed by atoms with Gasteiger partial charge in [-0.05, 0) is 43.5 Å². The van der Waals surface area contributed by atoms with E-state index >= 15 is 0 Å². The number of carbonyl (C=O) groups is 2. The van der Waals surface area contributed by atoms with Crippen LogP contribution in [0.3, 0.4) is 0 Å². The van der Waals surface area contributed by atoms with E-state index in [0.29, 0.717) is 41.3 Å². The zero-order valence-electron chi connectivity index (χ0n) is 17.2. The number of amides is 2. The van der Waals surface area contributed by atoms with Gasteiger partial charge in [-0.3, -0.25) is 9.59 Å². The first-order valence-corrected chi connectivity index (χ1v) is 10.3. The Labute approximate surface area is 185 Å². The van der Waals surface area contributed by atoms with Gasteiger partial charge < -0.3 is 26.0 Å². The number of piperidine rings is 1. The Morgan fingerprint density at radius 2 is 2.19 bits per heavy atom. The molecular weight excluding hydrogens is 420 g/mol. The van der Waals surface area contributed by atoms with E-state index in [2.05, 4.69) is 32.5 Å². The first-order valence-electron chi connectivity index (χ1n) is 9.88.